The van der Waals surface area contributed by atoms with Crippen LogP contribution in [0.1, 0.15) is 12.1 Å². The van der Waals surface area contributed by atoms with Crippen LogP contribution >= 0.6 is 11.8 Å². The molecule has 1 heterocycles. The van der Waals surface area contributed by atoms with Crippen molar-refractivity contribution in [2.75, 3.05) is 19.8 Å². The van der Waals surface area contributed by atoms with Gasteiger partial charge in [-0.3, -0.25) is 9.98 Å². The second-order valence-electron chi connectivity index (χ2n) is 3.04. The SMILES string of the molecule is CN=C(CCSCc1ccccn1)NC. The average molecular weight is 223 g/mol. The maximum atomic E-state index is 4.27. The first-order chi connectivity index (χ1) is 7.36. The normalized spacial score (nSPS) is 11.5. The van der Waals surface area contributed by atoms with Crippen LogP contribution in [0.25, 0.3) is 0 Å². The van der Waals surface area contributed by atoms with Crippen LogP contribution in [-0.2, 0) is 5.75 Å². The monoisotopic (exact) mass is 223 g/mol. The Morgan fingerprint density at radius 3 is 3.00 bits per heavy atom. The molecule has 0 aromatic carbocycles. The summed E-state index contributed by atoms with van der Waals surface area (Å²) >= 11 is 1.88. The highest BCUT2D eigenvalue weighted by molar-refractivity contribution is 7.98. The summed E-state index contributed by atoms with van der Waals surface area (Å²) < 4.78 is 0. The number of hydrogen-bond acceptors (Lipinski definition) is 3. The molecule has 1 rings (SSSR count). The molecule has 0 bridgehead atoms. The molecule has 4 heteroatoms. The van der Waals surface area contributed by atoms with Gasteiger partial charge in [-0.1, -0.05) is 6.07 Å². The number of nitrogens with one attached hydrogen (secondary N) is 1. The molecule has 1 aromatic heterocycles. The minimum Gasteiger partial charge on any atom is -0.377 e. The zero-order valence-electron chi connectivity index (χ0n) is 9.23. The molecule has 0 aliphatic heterocycles. The van der Waals surface area contributed by atoms with Crippen molar-refractivity contribution in [1.82, 2.24) is 10.3 Å². The summed E-state index contributed by atoms with van der Waals surface area (Å²) in [6.45, 7) is 0. The van der Waals surface area contributed by atoms with E-state index in [4.69, 9.17) is 0 Å². The summed E-state index contributed by atoms with van der Waals surface area (Å²) in [6, 6.07) is 6.02. The van der Waals surface area contributed by atoms with Crippen molar-refractivity contribution in [3.63, 3.8) is 0 Å². The van der Waals surface area contributed by atoms with Gasteiger partial charge in [0.05, 0.1) is 11.5 Å². The number of thioether (sulfide) groups is 1. The minimum absolute atomic E-state index is 0.974. The lowest BCUT2D eigenvalue weighted by molar-refractivity contribution is 1.07. The lowest BCUT2D eigenvalue weighted by Crippen LogP contribution is -2.18. The Balaban J connectivity index is 2.17. The highest BCUT2D eigenvalue weighted by atomic mass is 32.2. The van der Waals surface area contributed by atoms with Gasteiger partial charge >= 0.3 is 0 Å². The van der Waals surface area contributed by atoms with Crippen LogP contribution in [0.15, 0.2) is 29.4 Å². The Labute approximate surface area is 95.4 Å². The summed E-state index contributed by atoms with van der Waals surface area (Å²) in [5.74, 6) is 3.11. The maximum Gasteiger partial charge on any atom is 0.0965 e. The average Bonchev–Trinajstić information content (AvgIpc) is 2.31. The molecule has 15 heavy (non-hydrogen) atoms. The summed E-state index contributed by atoms with van der Waals surface area (Å²) in [7, 11) is 3.72. The van der Waals surface area contributed by atoms with E-state index in [1.54, 1.807) is 0 Å². The number of rotatable bonds is 5. The van der Waals surface area contributed by atoms with E-state index in [1.165, 1.54) is 0 Å². The lowest BCUT2D eigenvalue weighted by atomic mass is 10.4. The zero-order chi connectivity index (χ0) is 10.9. The molecule has 0 amide bonds. The van der Waals surface area contributed by atoms with Gasteiger partial charge in [0.2, 0.25) is 0 Å². The van der Waals surface area contributed by atoms with Crippen molar-refractivity contribution >= 4 is 17.6 Å². The van der Waals surface area contributed by atoms with Crippen molar-refractivity contribution < 1.29 is 0 Å². The number of pyridine rings is 1. The van der Waals surface area contributed by atoms with Gasteiger partial charge in [0.1, 0.15) is 0 Å². The first kappa shape index (κ1) is 12.0. The largest absolute Gasteiger partial charge is 0.377 e. The highest BCUT2D eigenvalue weighted by Crippen LogP contribution is 2.10. The molecule has 0 saturated heterocycles. The van der Waals surface area contributed by atoms with Crippen LogP contribution in [0.5, 0.6) is 0 Å². The summed E-state index contributed by atoms with van der Waals surface area (Å²) in [5.41, 5.74) is 1.14. The molecular formula is C11H17N3S. The fraction of sp³-hybridized carbons (Fsp3) is 0.455. The van der Waals surface area contributed by atoms with E-state index >= 15 is 0 Å². The quantitative estimate of drug-likeness (QED) is 0.471. The standard InChI is InChI=1S/C11H17N3S/c1-12-11(13-2)6-8-15-9-10-5-3-4-7-14-10/h3-5,7H,6,8-9H2,1-2H3,(H,12,13). The van der Waals surface area contributed by atoms with Gasteiger partial charge in [-0.15, -0.1) is 0 Å². The van der Waals surface area contributed by atoms with Crippen molar-refractivity contribution in [1.29, 1.82) is 0 Å². The predicted octanol–water partition coefficient (Wildman–Crippen LogP) is 1.95. The third-order valence-electron chi connectivity index (χ3n) is 2.02. The molecule has 0 aliphatic rings. The van der Waals surface area contributed by atoms with Crippen LogP contribution in [0.2, 0.25) is 0 Å². The van der Waals surface area contributed by atoms with Gasteiger partial charge in [-0.25, -0.2) is 0 Å². The van der Waals surface area contributed by atoms with Crippen LogP contribution in [0, 0.1) is 0 Å². The molecule has 0 unspecified atom stereocenters. The van der Waals surface area contributed by atoms with E-state index in [9.17, 15) is 0 Å². The molecule has 0 saturated carbocycles. The van der Waals surface area contributed by atoms with E-state index in [0.29, 0.717) is 0 Å². The third kappa shape index (κ3) is 4.83. The van der Waals surface area contributed by atoms with Crippen molar-refractivity contribution in [2.24, 2.45) is 4.99 Å². The second-order valence-corrected chi connectivity index (χ2v) is 4.15. The first-order valence-electron chi connectivity index (χ1n) is 4.98. The minimum atomic E-state index is 0.974. The van der Waals surface area contributed by atoms with Gasteiger partial charge in [0, 0.05) is 38.2 Å². The molecular weight excluding hydrogens is 206 g/mol. The summed E-state index contributed by atoms with van der Waals surface area (Å²) in [4.78, 5) is 8.40. The first-order valence-corrected chi connectivity index (χ1v) is 6.13. The van der Waals surface area contributed by atoms with Gasteiger partial charge in [0.25, 0.3) is 0 Å². The van der Waals surface area contributed by atoms with Crippen molar-refractivity contribution in [3.8, 4) is 0 Å². The second kappa shape index (κ2) is 7.29. The van der Waals surface area contributed by atoms with E-state index in [-0.39, 0.29) is 0 Å². The fourth-order valence-electron chi connectivity index (χ4n) is 1.18. The third-order valence-corrected chi connectivity index (χ3v) is 3.01. The number of nitrogens with zero attached hydrogens (tertiary/aromatic N) is 2. The van der Waals surface area contributed by atoms with Crippen LogP contribution in [-0.4, -0.2) is 30.7 Å². The van der Waals surface area contributed by atoms with E-state index in [2.05, 4.69) is 21.4 Å². The Kier molecular flexibility index (Phi) is 5.85. The highest BCUT2D eigenvalue weighted by Gasteiger charge is 1.96. The van der Waals surface area contributed by atoms with Crippen molar-refractivity contribution in [2.45, 2.75) is 12.2 Å². The Bertz CT molecular complexity index is 298. The Morgan fingerprint density at radius 1 is 1.53 bits per heavy atom. The summed E-state index contributed by atoms with van der Waals surface area (Å²) in [5, 5.41) is 3.07. The van der Waals surface area contributed by atoms with Crippen molar-refractivity contribution in [3.05, 3.63) is 30.1 Å². The van der Waals surface area contributed by atoms with Gasteiger partial charge in [-0.05, 0) is 12.1 Å². The Hall–Kier alpha value is -1.03. The number of aromatic nitrogens is 1. The molecule has 82 valence electrons. The van der Waals surface area contributed by atoms with E-state index in [1.807, 2.05) is 44.2 Å². The summed E-state index contributed by atoms with van der Waals surface area (Å²) in [6.07, 6.45) is 2.83. The van der Waals surface area contributed by atoms with E-state index < -0.39 is 0 Å². The van der Waals surface area contributed by atoms with E-state index in [0.717, 1.165) is 29.5 Å². The molecule has 0 atom stereocenters. The molecule has 0 aliphatic carbocycles. The van der Waals surface area contributed by atoms with Gasteiger partial charge < -0.3 is 5.32 Å². The number of aliphatic imine (C=N–C) groups is 1. The molecule has 1 aromatic rings. The maximum absolute atomic E-state index is 4.27. The van der Waals surface area contributed by atoms with Crippen LogP contribution in [0.3, 0.4) is 0 Å². The lowest BCUT2D eigenvalue weighted by Gasteiger charge is -2.04. The zero-order valence-corrected chi connectivity index (χ0v) is 10.0. The number of hydrogen-bond donors (Lipinski definition) is 1. The molecule has 0 radical (unpaired) electrons. The number of amidine groups is 1. The smallest absolute Gasteiger partial charge is 0.0965 e. The Morgan fingerprint density at radius 2 is 2.40 bits per heavy atom. The molecule has 3 nitrogen and oxygen atoms in total. The fourth-order valence-corrected chi connectivity index (χ4v) is 2.04. The van der Waals surface area contributed by atoms with Crippen LogP contribution in [0.4, 0.5) is 0 Å². The van der Waals surface area contributed by atoms with Crippen LogP contribution < -0.4 is 5.32 Å². The topological polar surface area (TPSA) is 37.3 Å². The van der Waals surface area contributed by atoms with Gasteiger partial charge in [0.15, 0.2) is 0 Å². The predicted molar refractivity (Wildman–Crippen MR) is 67.4 cm³/mol. The molecule has 1 N–H and O–H groups in total. The van der Waals surface area contributed by atoms with Gasteiger partial charge in [-0.2, -0.15) is 11.8 Å². The molecule has 0 fully saturated rings. The molecule has 0 spiro atoms.